The van der Waals surface area contributed by atoms with Crippen LogP contribution in [0.1, 0.15) is 37.7 Å². The molecule has 0 aliphatic carbocycles. The summed E-state index contributed by atoms with van der Waals surface area (Å²) in [6.45, 7) is 5.22. The summed E-state index contributed by atoms with van der Waals surface area (Å²) in [5, 5.41) is 0.453. The number of hydrogen-bond acceptors (Lipinski definition) is 4. The lowest BCUT2D eigenvalue weighted by molar-refractivity contribution is -0.142. The monoisotopic (exact) mass is 413 g/mol. The van der Waals surface area contributed by atoms with Gasteiger partial charge in [0.05, 0.1) is 12.2 Å². The third kappa shape index (κ3) is 4.55. The topological polar surface area (TPSA) is 55.3 Å². The zero-order chi connectivity index (χ0) is 20.7. The van der Waals surface area contributed by atoms with Crippen molar-refractivity contribution in [2.45, 2.75) is 45.5 Å². The van der Waals surface area contributed by atoms with Gasteiger partial charge in [0.2, 0.25) is 0 Å². The second kappa shape index (κ2) is 7.24. The lowest BCUT2D eigenvalue weighted by Crippen LogP contribution is -2.41. The summed E-state index contributed by atoms with van der Waals surface area (Å²) in [7, 11) is 0. The van der Waals surface area contributed by atoms with E-state index < -0.39 is 23.6 Å². The van der Waals surface area contributed by atoms with Crippen molar-refractivity contribution in [3.63, 3.8) is 0 Å². The van der Waals surface area contributed by atoms with Crippen LogP contribution in [-0.2, 0) is 23.9 Å². The van der Waals surface area contributed by atoms with Crippen LogP contribution in [0, 0.1) is 0 Å². The minimum absolute atomic E-state index is 0.00428. The molecule has 28 heavy (non-hydrogen) atoms. The van der Waals surface area contributed by atoms with Gasteiger partial charge in [0.25, 0.3) is 0 Å². The molecule has 0 saturated carbocycles. The van der Waals surface area contributed by atoms with Gasteiger partial charge >= 0.3 is 12.3 Å². The molecule has 1 amide bonds. The van der Waals surface area contributed by atoms with Crippen molar-refractivity contribution in [1.29, 1.82) is 0 Å². The van der Waals surface area contributed by atoms with E-state index in [0.717, 1.165) is 0 Å². The van der Waals surface area contributed by atoms with E-state index in [-0.39, 0.29) is 36.6 Å². The normalized spacial score (nSPS) is 14.6. The summed E-state index contributed by atoms with van der Waals surface area (Å²) in [5.41, 5.74) is -1.07. The van der Waals surface area contributed by atoms with Gasteiger partial charge in [-0.1, -0.05) is 11.6 Å². The third-order valence-corrected chi connectivity index (χ3v) is 4.34. The van der Waals surface area contributed by atoms with Gasteiger partial charge in [-0.2, -0.15) is 13.2 Å². The van der Waals surface area contributed by atoms with Crippen LogP contribution in [0.15, 0.2) is 24.3 Å². The second-order valence-corrected chi connectivity index (χ2v) is 7.91. The SMILES string of the molecule is CC(C)(C)OC(=O)N1CCc2c(nc(-c3ccc(Cl)cc3)nc2C(F)(F)F)C1. The Morgan fingerprint density at radius 3 is 2.36 bits per heavy atom. The molecule has 0 bridgehead atoms. The third-order valence-electron chi connectivity index (χ3n) is 4.09. The molecule has 0 N–H and O–H groups in total. The number of carbonyl (C=O) groups excluding carboxylic acids is 1. The average Bonchev–Trinajstić information content (AvgIpc) is 2.58. The van der Waals surface area contributed by atoms with Gasteiger partial charge in [-0.3, -0.25) is 0 Å². The van der Waals surface area contributed by atoms with Gasteiger partial charge in [-0.25, -0.2) is 14.8 Å². The van der Waals surface area contributed by atoms with Crippen molar-refractivity contribution >= 4 is 17.7 Å². The van der Waals surface area contributed by atoms with E-state index in [9.17, 15) is 18.0 Å². The maximum Gasteiger partial charge on any atom is 0.433 e. The van der Waals surface area contributed by atoms with Crippen molar-refractivity contribution in [2.24, 2.45) is 0 Å². The highest BCUT2D eigenvalue weighted by molar-refractivity contribution is 6.30. The van der Waals surface area contributed by atoms with Crippen LogP contribution in [0.5, 0.6) is 0 Å². The highest BCUT2D eigenvalue weighted by Crippen LogP contribution is 2.35. The molecule has 0 radical (unpaired) electrons. The fourth-order valence-corrected chi connectivity index (χ4v) is 3.00. The molecule has 0 fully saturated rings. The molecule has 2 heterocycles. The van der Waals surface area contributed by atoms with Crippen molar-refractivity contribution in [1.82, 2.24) is 14.9 Å². The lowest BCUT2D eigenvalue weighted by atomic mass is 10.0. The zero-order valence-corrected chi connectivity index (χ0v) is 16.4. The largest absolute Gasteiger partial charge is 0.444 e. The Kier molecular flexibility index (Phi) is 5.27. The van der Waals surface area contributed by atoms with Crippen molar-refractivity contribution in [3.05, 3.63) is 46.2 Å². The number of aromatic nitrogens is 2. The smallest absolute Gasteiger partial charge is 0.433 e. The number of benzene rings is 1. The molecule has 150 valence electrons. The number of amides is 1. The second-order valence-electron chi connectivity index (χ2n) is 7.48. The standard InChI is InChI=1S/C19H19ClF3N3O2/c1-18(2,3)28-17(27)26-9-8-13-14(10-26)24-16(25-15(13)19(21,22)23)11-4-6-12(20)7-5-11/h4-7H,8-10H2,1-3H3. The molecular formula is C19H19ClF3N3O2. The van der Waals surface area contributed by atoms with Gasteiger partial charge < -0.3 is 9.64 Å². The van der Waals surface area contributed by atoms with Crippen LogP contribution in [0.25, 0.3) is 11.4 Å². The first-order chi connectivity index (χ1) is 12.9. The van der Waals surface area contributed by atoms with Crippen molar-refractivity contribution in [3.8, 4) is 11.4 Å². The summed E-state index contributed by atoms with van der Waals surface area (Å²) < 4.78 is 46.1. The summed E-state index contributed by atoms with van der Waals surface area (Å²) in [6, 6.07) is 6.22. The molecule has 0 spiro atoms. The quantitative estimate of drug-likeness (QED) is 0.652. The van der Waals surface area contributed by atoms with Gasteiger partial charge in [0, 0.05) is 22.7 Å². The van der Waals surface area contributed by atoms with E-state index in [1.54, 1.807) is 45.0 Å². The molecule has 3 rings (SSSR count). The van der Waals surface area contributed by atoms with Crippen LogP contribution in [0.4, 0.5) is 18.0 Å². The molecule has 2 aromatic rings. The molecular weight excluding hydrogens is 395 g/mol. The first-order valence-electron chi connectivity index (χ1n) is 8.65. The van der Waals surface area contributed by atoms with Crippen LogP contribution in [0.3, 0.4) is 0 Å². The summed E-state index contributed by atoms with van der Waals surface area (Å²) in [5.74, 6) is -0.0613. The Morgan fingerprint density at radius 2 is 1.79 bits per heavy atom. The fraction of sp³-hybridized carbons (Fsp3) is 0.421. The van der Waals surface area contributed by atoms with E-state index in [2.05, 4.69) is 9.97 Å². The van der Waals surface area contributed by atoms with E-state index in [1.165, 1.54) is 4.90 Å². The Labute approximate surface area is 165 Å². The number of fused-ring (bicyclic) bond motifs is 1. The van der Waals surface area contributed by atoms with E-state index in [1.807, 2.05) is 0 Å². The molecule has 0 atom stereocenters. The molecule has 1 aromatic carbocycles. The van der Waals surface area contributed by atoms with Gasteiger partial charge in [-0.15, -0.1) is 0 Å². The summed E-state index contributed by atoms with van der Waals surface area (Å²) in [4.78, 5) is 21.8. The molecule has 1 aromatic heterocycles. The van der Waals surface area contributed by atoms with Gasteiger partial charge in [-0.05, 0) is 51.5 Å². The van der Waals surface area contributed by atoms with Crippen molar-refractivity contribution in [2.75, 3.05) is 6.54 Å². The van der Waals surface area contributed by atoms with Crippen LogP contribution >= 0.6 is 11.6 Å². The number of carbonyl (C=O) groups is 1. The predicted octanol–water partition coefficient (Wildman–Crippen LogP) is 5.11. The Morgan fingerprint density at radius 1 is 1.14 bits per heavy atom. The number of rotatable bonds is 1. The van der Waals surface area contributed by atoms with E-state index in [0.29, 0.717) is 10.6 Å². The van der Waals surface area contributed by atoms with Crippen molar-refractivity contribution < 1.29 is 22.7 Å². The Bertz CT molecular complexity index is 893. The zero-order valence-electron chi connectivity index (χ0n) is 15.6. The summed E-state index contributed by atoms with van der Waals surface area (Å²) in [6.07, 6.45) is -5.20. The summed E-state index contributed by atoms with van der Waals surface area (Å²) >= 11 is 5.85. The van der Waals surface area contributed by atoms with Gasteiger partial charge in [0.15, 0.2) is 11.5 Å². The molecule has 9 heteroatoms. The molecule has 0 saturated heterocycles. The average molecular weight is 414 g/mol. The van der Waals surface area contributed by atoms with E-state index in [4.69, 9.17) is 16.3 Å². The highest BCUT2D eigenvalue weighted by atomic mass is 35.5. The molecule has 1 aliphatic rings. The van der Waals surface area contributed by atoms with E-state index >= 15 is 0 Å². The number of halogens is 4. The highest BCUT2D eigenvalue weighted by Gasteiger charge is 2.39. The minimum atomic E-state index is -4.62. The molecule has 5 nitrogen and oxygen atoms in total. The number of alkyl halides is 3. The van der Waals surface area contributed by atoms with Crippen LogP contribution in [0.2, 0.25) is 5.02 Å². The maximum atomic E-state index is 13.6. The number of hydrogen-bond donors (Lipinski definition) is 0. The Balaban J connectivity index is 2.01. The number of ether oxygens (including phenoxy) is 1. The first-order valence-corrected chi connectivity index (χ1v) is 9.03. The minimum Gasteiger partial charge on any atom is -0.444 e. The number of nitrogens with zero attached hydrogens (tertiary/aromatic N) is 3. The van der Waals surface area contributed by atoms with Crippen LogP contribution < -0.4 is 0 Å². The lowest BCUT2D eigenvalue weighted by Gasteiger charge is -2.31. The van der Waals surface area contributed by atoms with Gasteiger partial charge in [0.1, 0.15) is 5.60 Å². The predicted molar refractivity (Wildman–Crippen MR) is 97.8 cm³/mol. The fourth-order valence-electron chi connectivity index (χ4n) is 2.88. The molecule has 0 unspecified atom stereocenters. The Hall–Kier alpha value is -2.35. The molecule has 1 aliphatic heterocycles. The van der Waals surface area contributed by atoms with Crippen LogP contribution in [-0.4, -0.2) is 33.1 Å². The first kappa shape index (κ1) is 20.4. The maximum absolute atomic E-state index is 13.6.